The molecule has 6 nitrogen and oxygen atoms in total. The number of hydrogen-bond donors (Lipinski definition) is 1. The molecule has 0 aliphatic carbocycles. The van der Waals surface area contributed by atoms with Crippen LogP contribution < -0.4 is 19.5 Å². The van der Waals surface area contributed by atoms with E-state index in [0.717, 1.165) is 0 Å². The van der Waals surface area contributed by atoms with Crippen molar-refractivity contribution in [1.29, 1.82) is 0 Å². The quantitative estimate of drug-likeness (QED) is 0.640. The molecule has 7 heteroatoms. The lowest BCUT2D eigenvalue weighted by atomic mass is 10.0. The molecule has 0 saturated heterocycles. The van der Waals surface area contributed by atoms with Gasteiger partial charge in [-0.1, -0.05) is 11.6 Å². The van der Waals surface area contributed by atoms with Crippen molar-refractivity contribution in [1.82, 2.24) is 0 Å². The van der Waals surface area contributed by atoms with E-state index in [1.54, 1.807) is 18.2 Å². The number of ether oxygens (including phenoxy) is 3. The minimum atomic E-state index is -0.373. The first-order chi connectivity index (χ1) is 12.5. The van der Waals surface area contributed by atoms with Crippen LogP contribution in [0.4, 0.5) is 5.69 Å². The fourth-order valence-corrected chi connectivity index (χ4v) is 2.91. The summed E-state index contributed by atoms with van der Waals surface area (Å²) >= 11 is 6.00. The van der Waals surface area contributed by atoms with E-state index in [1.807, 2.05) is 0 Å². The number of rotatable bonds is 5. The number of carbonyl (C=O) groups excluding carboxylic acids is 2. The summed E-state index contributed by atoms with van der Waals surface area (Å²) in [7, 11) is 4.41. The molecule has 26 heavy (non-hydrogen) atoms. The Morgan fingerprint density at radius 1 is 1.04 bits per heavy atom. The van der Waals surface area contributed by atoms with Gasteiger partial charge in [0.2, 0.25) is 5.75 Å². The summed E-state index contributed by atoms with van der Waals surface area (Å²) in [5, 5.41) is 3.19. The van der Waals surface area contributed by atoms with E-state index in [9.17, 15) is 9.59 Å². The third kappa shape index (κ3) is 3.11. The Morgan fingerprint density at radius 3 is 2.27 bits per heavy atom. The first-order valence-corrected chi connectivity index (χ1v) is 8.03. The lowest BCUT2D eigenvalue weighted by Gasteiger charge is -2.13. The minimum Gasteiger partial charge on any atom is -0.493 e. The van der Waals surface area contributed by atoms with Gasteiger partial charge in [0, 0.05) is 21.8 Å². The fraction of sp³-hybridized carbons (Fsp3) is 0.158. The number of hydrogen-bond acceptors (Lipinski definition) is 5. The standard InChI is InChI=1S/C19H16ClNO5/c1-24-16-6-10(7-17(25-2)18(16)26-3)15(22)9-13-12-8-11(20)4-5-14(12)21-19(13)23/h4-9H,1-3H3,(H,21,23)/b13-9-. The normalized spacial score (nSPS) is 14.0. The maximum Gasteiger partial charge on any atom is 0.256 e. The molecule has 1 N–H and O–H groups in total. The lowest BCUT2D eigenvalue weighted by Crippen LogP contribution is -2.06. The SMILES string of the molecule is COc1cc(C(=O)/C=C2\C(=O)Nc3ccc(Cl)cc32)cc(OC)c1OC. The molecule has 1 aliphatic rings. The van der Waals surface area contributed by atoms with Gasteiger partial charge in [-0.3, -0.25) is 9.59 Å². The van der Waals surface area contributed by atoms with Gasteiger partial charge in [0.15, 0.2) is 17.3 Å². The van der Waals surface area contributed by atoms with E-state index < -0.39 is 0 Å². The van der Waals surface area contributed by atoms with Crippen LogP contribution in [-0.2, 0) is 4.79 Å². The van der Waals surface area contributed by atoms with Gasteiger partial charge in [0.25, 0.3) is 5.91 Å². The number of amides is 1. The zero-order valence-electron chi connectivity index (χ0n) is 14.4. The highest BCUT2D eigenvalue weighted by atomic mass is 35.5. The zero-order valence-corrected chi connectivity index (χ0v) is 15.1. The van der Waals surface area contributed by atoms with Crippen LogP contribution in [0.5, 0.6) is 17.2 Å². The molecule has 0 spiro atoms. The number of ketones is 1. The third-order valence-electron chi connectivity index (χ3n) is 3.99. The summed E-state index contributed by atoms with van der Waals surface area (Å²) in [4.78, 5) is 24.9. The predicted octanol–water partition coefficient (Wildman–Crippen LogP) is 3.58. The maximum atomic E-state index is 12.7. The first-order valence-electron chi connectivity index (χ1n) is 7.65. The summed E-state index contributed by atoms with van der Waals surface area (Å²) in [5.41, 5.74) is 1.75. The van der Waals surface area contributed by atoms with Crippen molar-refractivity contribution in [2.75, 3.05) is 26.6 Å². The van der Waals surface area contributed by atoms with E-state index in [2.05, 4.69) is 5.32 Å². The molecular formula is C19H16ClNO5. The summed E-state index contributed by atoms with van der Waals surface area (Å²) in [6, 6.07) is 8.08. The van der Waals surface area contributed by atoms with Gasteiger partial charge in [0.1, 0.15) is 0 Å². The van der Waals surface area contributed by atoms with E-state index in [0.29, 0.717) is 39.1 Å². The molecule has 1 amide bonds. The number of carbonyl (C=O) groups is 2. The van der Waals surface area contributed by atoms with Crippen molar-refractivity contribution in [2.45, 2.75) is 0 Å². The minimum absolute atomic E-state index is 0.251. The Balaban J connectivity index is 2.05. The molecule has 134 valence electrons. The van der Waals surface area contributed by atoms with Crippen LogP contribution >= 0.6 is 11.6 Å². The van der Waals surface area contributed by atoms with Crippen LogP contribution in [0.15, 0.2) is 36.4 Å². The molecule has 2 aromatic rings. The average Bonchev–Trinajstić information content (AvgIpc) is 2.95. The fourth-order valence-electron chi connectivity index (χ4n) is 2.74. The van der Waals surface area contributed by atoms with Crippen LogP contribution in [-0.4, -0.2) is 33.0 Å². The second kappa shape index (κ2) is 7.09. The Hall–Kier alpha value is -2.99. The number of fused-ring (bicyclic) bond motifs is 1. The summed E-state index contributed by atoms with van der Waals surface area (Å²) in [6.45, 7) is 0. The Labute approximate surface area is 155 Å². The van der Waals surface area contributed by atoms with Crippen LogP contribution in [0.1, 0.15) is 15.9 Å². The van der Waals surface area contributed by atoms with Crippen LogP contribution in [0.25, 0.3) is 5.57 Å². The number of methoxy groups -OCH3 is 3. The molecule has 2 aromatic carbocycles. The molecule has 1 heterocycles. The molecule has 0 radical (unpaired) electrons. The Morgan fingerprint density at radius 2 is 1.69 bits per heavy atom. The number of allylic oxidation sites excluding steroid dienone is 1. The summed E-state index contributed by atoms with van der Waals surface area (Å²) in [6.07, 6.45) is 1.28. The number of benzene rings is 2. The average molecular weight is 374 g/mol. The van der Waals surface area contributed by atoms with Crippen molar-refractivity contribution in [2.24, 2.45) is 0 Å². The molecule has 0 aromatic heterocycles. The van der Waals surface area contributed by atoms with Crippen LogP contribution in [0.3, 0.4) is 0 Å². The van der Waals surface area contributed by atoms with E-state index >= 15 is 0 Å². The molecule has 0 saturated carbocycles. The zero-order chi connectivity index (χ0) is 18.8. The monoisotopic (exact) mass is 373 g/mol. The largest absolute Gasteiger partial charge is 0.493 e. The number of anilines is 1. The summed E-state index contributed by atoms with van der Waals surface area (Å²) < 4.78 is 15.8. The van der Waals surface area contributed by atoms with Gasteiger partial charge < -0.3 is 19.5 Å². The van der Waals surface area contributed by atoms with E-state index in [1.165, 1.54) is 39.5 Å². The summed E-state index contributed by atoms with van der Waals surface area (Å²) in [5.74, 6) is 0.362. The highest BCUT2D eigenvalue weighted by molar-refractivity contribution is 6.36. The van der Waals surface area contributed by atoms with E-state index in [4.69, 9.17) is 25.8 Å². The molecule has 1 aliphatic heterocycles. The molecule has 3 rings (SSSR count). The second-order valence-corrected chi connectivity index (χ2v) is 5.92. The maximum absolute atomic E-state index is 12.7. The molecular weight excluding hydrogens is 358 g/mol. The van der Waals surface area contributed by atoms with Crippen molar-refractivity contribution in [3.05, 3.63) is 52.6 Å². The van der Waals surface area contributed by atoms with Gasteiger partial charge in [-0.2, -0.15) is 0 Å². The Bertz CT molecular complexity index is 911. The third-order valence-corrected chi connectivity index (χ3v) is 4.22. The van der Waals surface area contributed by atoms with Gasteiger partial charge in [-0.15, -0.1) is 0 Å². The Kier molecular flexibility index (Phi) is 4.86. The van der Waals surface area contributed by atoms with Crippen molar-refractivity contribution >= 4 is 34.6 Å². The molecule has 0 bridgehead atoms. The van der Waals surface area contributed by atoms with Gasteiger partial charge in [0.05, 0.1) is 26.9 Å². The number of halogens is 1. The first kappa shape index (κ1) is 17.8. The van der Waals surface area contributed by atoms with Gasteiger partial charge in [-0.25, -0.2) is 0 Å². The van der Waals surface area contributed by atoms with Crippen molar-refractivity contribution in [3.8, 4) is 17.2 Å². The van der Waals surface area contributed by atoms with Gasteiger partial charge >= 0.3 is 0 Å². The highest BCUT2D eigenvalue weighted by Crippen LogP contribution is 2.39. The molecule has 0 atom stereocenters. The predicted molar refractivity (Wildman–Crippen MR) is 98.5 cm³/mol. The molecule has 0 unspecified atom stereocenters. The van der Waals surface area contributed by atoms with Gasteiger partial charge in [-0.05, 0) is 36.4 Å². The lowest BCUT2D eigenvalue weighted by molar-refractivity contribution is -0.110. The van der Waals surface area contributed by atoms with Crippen molar-refractivity contribution < 1.29 is 23.8 Å². The van der Waals surface area contributed by atoms with E-state index in [-0.39, 0.29) is 17.3 Å². The second-order valence-electron chi connectivity index (χ2n) is 5.48. The van der Waals surface area contributed by atoms with Crippen molar-refractivity contribution in [3.63, 3.8) is 0 Å². The highest BCUT2D eigenvalue weighted by Gasteiger charge is 2.26. The van der Waals surface area contributed by atoms with Crippen LogP contribution in [0, 0.1) is 0 Å². The van der Waals surface area contributed by atoms with Crippen LogP contribution in [0.2, 0.25) is 5.02 Å². The topological polar surface area (TPSA) is 73.9 Å². The smallest absolute Gasteiger partial charge is 0.256 e. The number of nitrogens with one attached hydrogen (secondary N) is 1. The molecule has 0 fully saturated rings.